The molecule has 0 radical (unpaired) electrons. The average Bonchev–Trinajstić information content (AvgIpc) is 2.40. The lowest BCUT2D eigenvalue weighted by atomic mass is 10.0. The quantitative estimate of drug-likeness (QED) is 0.479. The first-order chi connectivity index (χ1) is 9.06. The molecule has 1 aromatic carbocycles. The van der Waals surface area contributed by atoms with Crippen molar-refractivity contribution in [2.24, 2.45) is 5.10 Å². The first-order valence-electron chi connectivity index (χ1n) is 6.79. The Kier molecular flexibility index (Phi) is 6.50. The second kappa shape index (κ2) is 7.89. The van der Waals surface area contributed by atoms with E-state index in [0.717, 1.165) is 24.2 Å². The number of hydrogen-bond donors (Lipinski definition) is 2. The van der Waals surface area contributed by atoms with Crippen molar-refractivity contribution in [1.82, 2.24) is 5.43 Å². The van der Waals surface area contributed by atoms with E-state index < -0.39 is 0 Å². The van der Waals surface area contributed by atoms with Crippen molar-refractivity contribution in [2.75, 3.05) is 5.32 Å². The summed E-state index contributed by atoms with van der Waals surface area (Å²) in [6.45, 7) is 8.54. The Hall–Kier alpha value is -1.42. The van der Waals surface area contributed by atoms with E-state index in [9.17, 15) is 0 Å². The third kappa shape index (κ3) is 5.39. The molecule has 0 aromatic heterocycles. The third-order valence-corrected chi connectivity index (χ3v) is 3.16. The molecule has 0 amide bonds. The minimum Gasteiger partial charge on any atom is -0.331 e. The molecule has 0 atom stereocenters. The molecule has 0 fully saturated rings. The van der Waals surface area contributed by atoms with Gasteiger partial charge >= 0.3 is 0 Å². The van der Waals surface area contributed by atoms with Crippen molar-refractivity contribution in [2.45, 2.75) is 46.5 Å². The van der Waals surface area contributed by atoms with Gasteiger partial charge in [-0.2, -0.15) is 5.10 Å². The number of hydrazone groups is 1. The highest BCUT2D eigenvalue weighted by Crippen LogP contribution is 2.16. The molecule has 1 rings (SSSR count). The van der Waals surface area contributed by atoms with E-state index in [1.54, 1.807) is 0 Å². The largest absolute Gasteiger partial charge is 0.331 e. The smallest absolute Gasteiger partial charge is 0.191 e. The zero-order valence-corrected chi connectivity index (χ0v) is 13.0. The summed E-state index contributed by atoms with van der Waals surface area (Å²) in [4.78, 5) is 0. The molecule has 0 saturated carbocycles. The van der Waals surface area contributed by atoms with Crippen LogP contribution in [-0.2, 0) is 0 Å². The highest BCUT2D eigenvalue weighted by molar-refractivity contribution is 7.80. The molecular formula is C15H23N3S. The predicted octanol–water partition coefficient (Wildman–Crippen LogP) is 4.27. The van der Waals surface area contributed by atoms with Gasteiger partial charge in [-0.1, -0.05) is 39.8 Å². The lowest BCUT2D eigenvalue weighted by Crippen LogP contribution is -2.25. The second-order valence-corrected chi connectivity index (χ2v) is 5.14. The van der Waals surface area contributed by atoms with Crippen molar-refractivity contribution in [3.63, 3.8) is 0 Å². The van der Waals surface area contributed by atoms with Crippen LogP contribution in [0.1, 0.15) is 52.0 Å². The van der Waals surface area contributed by atoms with Crippen molar-refractivity contribution in [3.8, 4) is 0 Å². The van der Waals surface area contributed by atoms with Gasteiger partial charge < -0.3 is 5.32 Å². The normalized spacial score (nSPS) is 10.2. The summed E-state index contributed by atoms with van der Waals surface area (Å²) in [6, 6.07) is 8.30. The van der Waals surface area contributed by atoms with Crippen molar-refractivity contribution >= 4 is 28.7 Å². The summed E-state index contributed by atoms with van der Waals surface area (Å²) in [5.41, 5.74) is 6.29. The fraction of sp³-hybridized carbons (Fsp3) is 0.467. The molecule has 0 aliphatic heterocycles. The van der Waals surface area contributed by atoms with Crippen LogP contribution in [0.15, 0.2) is 29.4 Å². The summed E-state index contributed by atoms with van der Waals surface area (Å²) in [5, 5.41) is 7.92. The molecule has 0 bridgehead atoms. The van der Waals surface area contributed by atoms with Crippen LogP contribution in [0.25, 0.3) is 0 Å². The van der Waals surface area contributed by atoms with Gasteiger partial charge in [-0.25, -0.2) is 0 Å². The molecule has 0 aliphatic rings. The van der Waals surface area contributed by atoms with Gasteiger partial charge in [-0.3, -0.25) is 5.43 Å². The lowest BCUT2D eigenvalue weighted by Gasteiger charge is -2.10. The first kappa shape index (κ1) is 15.6. The van der Waals surface area contributed by atoms with Crippen LogP contribution in [0.3, 0.4) is 0 Å². The molecule has 3 nitrogen and oxygen atoms in total. The Morgan fingerprint density at radius 2 is 1.74 bits per heavy atom. The maximum Gasteiger partial charge on any atom is 0.191 e. The molecule has 1 aromatic rings. The van der Waals surface area contributed by atoms with Gasteiger partial charge in [0.25, 0.3) is 0 Å². The SMILES string of the molecule is CCC(CC)=NNC(=S)Nc1ccc(C(C)C)cc1. The zero-order valence-electron chi connectivity index (χ0n) is 12.2. The maximum absolute atomic E-state index is 5.21. The summed E-state index contributed by atoms with van der Waals surface area (Å²) in [5.74, 6) is 0.542. The Morgan fingerprint density at radius 3 is 2.21 bits per heavy atom. The summed E-state index contributed by atoms with van der Waals surface area (Å²) in [6.07, 6.45) is 1.88. The third-order valence-electron chi connectivity index (χ3n) is 2.97. The van der Waals surface area contributed by atoms with E-state index in [0.29, 0.717) is 11.0 Å². The van der Waals surface area contributed by atoms with E-state index in [-0.39, 0.29) is 0 Å². The van der Waals surface area contributed by atoms with E-state index in [1.807, 2.05) is 12.1 Å². The van der Waals surface area contributed by atoms with Gasteiger partial charge in [0.15, 0.2) is 5.11 Å². The molecule has 0 unspecified atom stereocenters. The summed E-state index contributed by atoms with van der Waals surface area (Å²) in [7, 11) is 0. The average molecular weight is 277 g/mol. The molecule has 19 heavy (non-hydrogen) atoms. The van der Waals surface area contributed by atoms with Crippen molar-refractivity contribution in [3.05, 3.63) is 29.8 Å². The monoisotopic (exact) mass is 277 g/mol. The molecule has 0 spiro atoms. The minimum absolute atomic E-state index is 0.525. The predicted molar refractivity (Wildman–Crippen MR) is 87.9 cm³/mol. The Balaban J connectivity index is 2.55. The number of benzene rings is 1. The molecule has 104 valence electrons. The van der Waals surface area contributed by atoms with Gasteiger partial charge in [0.1, 0.15) is 0 Å². The Morgan fingerprint density at radius 1 is 1.16 bits per heavy atom. The molecule has 4 heteroatoms. The van der Waals surface area contributed by atoms with Gasteiger partial charge in [-0.15, -0.1) is 0 Å². The van der Waals surface area contributed by atoms with Crippen LogP contribution in [-0.4, -0.2) is 10.8 Å². The van der Waals surface area contributed by atoms with Crippen LogP contribution in [0.2, 0.25) is 0 Å². The van der Waals surface area contributed by atoms with Gasteiger partial charge in [-0.05, 0) is 48.7 Å². The molecule has 0 saturated heterocycles. The number of nitrogens with one attached hydrogen (secondary N) is 2. The molecule has 0 heterocycles. The molecular weight excluding hydrogens is 254 g/mol. The van der Waals surface area contributed by atoms with Crippen LogP contribution in [0.5, 0.6) is 0 Å². The Labute approximate surface area is 121 Å². The number of nitrogens with zero attached hydrogens (tertiary/aromatic N) is 1. The van der Waals surface area contributed by atoms with E-state index in [2.05, 4.69) is 55.7 Å². The topological polar surface area (TPSA) is 36.4 Å². The Bertz CT molecular complexity index is 429. The molecule has 2 N–H and O–H groups in total. The number of rotatable bonds is 5. The highest BCUT2D eigenvalue weighted by atomic mass is 32.1. The second-order valence-electron chi connectivity index (χ2n) is 4.73. The number of anilines is 1. The van der Waals surface area contributed by atoms with E-state index in [1.165, 1.54) is 5.56 Å². The summed E-state index contributed by atoms with van der Waals surface area (Å²) >= 11 is 5.21. The van der Waals surface area contributed by atoms with Crippen LogP contribution in [0.4, 0.5) is 5.69 Å². The minimum atomic E-state index is 0.525. The van der Waals surface area contributed by atoms with E-state index >= 15 is 0 Å². The fourth-order valence-electron chi connectivity index (χ4n) is 1.65. The van der Waals surface area contributed by atoms with Crippen LogP contribution in [0, 0.1) is 0 Å². The molecule has 0 aliphatic carbocycles. The highest BCUT2D eigenvalue weighted by Gasteiger charge is 2.00. The van der Waals surface area contributed by atoms with Crippen LogP contribution < -0.4 is 10.7 Å². The number of thiocarbonyl (C=S) groups is 1. The van der Waals surface area contributed by atoms with Gasteiger partial charge in [0.2, 0.25) is 0 Å². The van der Waals surface area contributed by atoms with Crippen LogP contribution >= 0.6 is 12.2 Å². The fourth-order valence-corrected chi connectivity index (χ4v) is 1.81. The maximum atomic E-state index is 5.21. The van der Waals surface area contributed by atoms with Gasteiger partial charge in [0.05, 0.1) is 0 Å². The summed E-state index contributed by atoms with van der Waals surface area (Å²) < 4.78 is 0. The zero-order chi connectivity index (χ0) is 14.3. The van der Waals surface area contributed by atoms with Crippen molar-refractivity contribution < 1.29 is 0 Å². The first-order valence-corrected chi connectivity index (χ1v) is 7.20. The lowest BCUT2D eigenvalue weighted by molar-refractivity contribution is 0.867. The van der Waals surface area contributed by atoms with Gasteiger partial charge in [0, 0.05) is 11.4 Å². The standard InChI is InChI=1S/C15H23N3S/c1-5-13(6-2)17-18-15(19)16-14-9-7-12(8-10-14)11(3)4/h7-11H,5-6H2,1-4H3,(H2,16,18,19). The number of hydrogen-bond acceptors (Lipinski definition) is 2. The van der Waals surface area contributed by atoms with E-state index in [4.69, 9.17) is 12.2 Å². The van der Waals surface area contributed by atoms with Crippen molar-refractivity contribution in [1.29, 1.82) is 0 Å².